The zero-order chi connectivity index (χ0) is 20.9. The molecule has 9 heteroatoms. The Hall–Kier alpha value is -2.00. The highest BCUT2D eigenvalue weighted by molar-refractivity contribution is 7.89. The number of benzene rings is 1. The summed E-state index contributed by atoms with van der Waals surface area (Å²) in [6, 6.07) is 3.18. The first-order chi connectivity index (χ1) is 13.2. The molecule has 0 radical (unpaired) electrons. The molecule has 0 unspecified atom stereocenters. The van der Waals surface area contributed by atoms with Gasteiger partial charge < -0.3 is 10.1 Å². The average Bonchev–Trinajstić information content (AvgIpc) is 3.12. The van der Waals surface area contributed by atoms with Gasteiger partial charge in [-0.05, 0) is 38.0 Å². The van der Waals surface area contributed by atoms with Crippen molar-refractivity contribution < 1.29 is 27.1 Å². The lowest BCUT2D eigenvalue weighted by atomic mass is 9.97. The van der Waals surface area contributed by atoms with Crippen LogP contribution in [0.15, 0.2) is 23.1 Å². The van der Waals surface area contributed by atoms with Crippen LogP contribution in [0.1, 0.15) is 56.8 Å². The SMILES string of the molecule is CCOC(=O)C1(NC(=O)c2ccc(F)c(S(=O)(=O)N(CC)CC)c2)CCCC1. The fourth-order valence-electron chi connectivity index (χ4n) is 3.46. The van der Waals surface area contributed by atoms with Gasteiger partial charge in [-0.3, -0.25) is 4.79 Å². The fraction of sp³-hybridized carbons (Fsp3) is 0.579. The first kappa shape index (κ1) is 22.3. The zero-order valence-corrected chi connectivity index (χ0v) is 17.3. The largest absolute Gasteiger partial charge is 0.464 e. The Labute approximate surface area is 165 Å². The molecule has 1 aliphatic rings. The number of nitrogens with one attached hydrogen (secondary N) is 1. The monoisotopic (exact) mass is 414 g/mol. The molecule has 1 fully saturated rings. The van der Waals surface area contributed by atoms with Gasteiger partial charge in [0.2, 0.25) is 10.0 Å². The highest BCUT2D eigenvalue weighted by Gasteiger charge is 2.44. The summed E-state index contributed by atoms with van der Waals surface area (Å²) >= 11 is 0. The minimum Gasteiger partial charge on any atom is -0.464 e. The van der Waals surface area contributed by atoms with E-state index < -0.39 is 38.2 Å². The Bertz CT molecular complexity index is 831. The van der Waals surface area contributed by atoms with Gasteiger partial charge in [0.15, 0.2) is 0 Å². The molecular weight excluding hydrogens is 387 g/mol. The van der Waals surface area contributed by atoms with Gasteiger partial charge in [-0.25, -0.2) is 17.6 Å². The van der Waals surface area contributed by atoms with Crippen LogP contribution in [-0.4, -0.2) is 49.8 Å². The third-order valence-corrected chi connectivity index (χ3v) is 7.06. The number of carbonyl (C=O) groups excluding carboxylic acids is 2. The Morgan fingerprint density at radius 2 is 1.79 bits per heavy atom. The minimum atomic E-state index is -4.07. The molecule has 0 aromatic heterocycles. The van der Waals surface area contributed by atoms with E-state index in [1.165, 1.54) is 6.07 Å². The number of esters is 1. The van der Waals surface area contributed by atoms with Gasteiger partial charge in [0.1, 0.15) is 16.3 Å². The molecule has 1 amide bonds. The summed E-state index contributed by atoms with van der Waals surface area (Å²) in [7, 11) is -4.07. The van der Waals surface area contributed by atoms with Crippen molar-refractivity contribution in [3.63, 3.8) is 0 Å². The van der Waals surface area contributed by atoms with Crippen molar-refractivity contribution in [1.29, 1.82) is 0 Å². The van der Waals surface area contributed by atoms with Gasteiger partial charge >= 0.3 is 5.97 Å². The van der Waals surface area contributed by atoms with Crippen LogP contribution >= 0.6 is 0 Å². The maximum absolute atomic E-state index is 14.3. The van der Waals surface area contributed by atoms with Crippen molar-refractivity contribution >= 4 is 21.9 Å². The van der Waals surface area contributed by atoms with Gasteiger partial charge in [0.25, 0.3) is 5.91 Å². The normalized spacial score (nSPS) is 16.2. The molecule has 0 spiro atoms. The highest BCUT2D eigenvalue weighted by Crippen LogP contribution is 2.31. The lowest BCUT2D eigenvalue weighted by Crippen LogP contribution is -2.53. The number of sulfonamides is 1. The van der Waals surface area contributed by atoms with Crippen LogP contribution in [0.25, 0.3) is 0 Å². The zero-order valence-electron chi connectivity index (χ0n) is 16.5. The van der Waals surface area contributed by atoms with Crippen molar-refractivity contribution in [2.75, 3.05) is 19.7 Å². The van der Waals surface area contributed by atoms with Gasteiger partial charge in [-0.2, -0.15) is 4.31 Å². The van der Waals surface area contributed by atoms with Crippen LogP contribution in [0, 0.1) is 5.82 Å². The molecule has 0 bridgehead atoms. The third kappa shape index (κ3) is 4.35. The Morgan fingerprint density at radius 1 is 1.18 bits per heavy atom. The van der Waals surface area contributed by atoms with Crippen LogP contribution < -0.4 is 5.32 Å². The molecule has 2 rings (SSSR count). The molecule has 1 saturated carbocycles. The first-order valence-electron chi connectivity index (χ1n) is 9.51. The number of rotatable bonds is 8. The smallest absolute Gasteiger partial charge is 0.331 e. The molecule has 1 aliphatic carbocycles. The van der Waals surface area contributed by atoms with Crippen molar-refractivity contribution in [2.24, 2.45) is 0 Å². The van der Waals surface area contributed by atoms with E-state index in [9.17, 15) is 22.4 Å². The molecule has 28 heavy (non-hydrogen) atoms. The second kappa shape index (κ2) is 9.00. The molecule has 0 heterocycles. The van der Waals surface area contributed by atoms with Gasteiger partial charge in [-0.15, -0.1) is 0 Å². The van der Waals surface area contributed by atoms with E-state index in [-0.39, 0.29) is 25.3 Å². The summed E-state index contributed by atoms with van der Waals surface area (Å²) in [6.45, 7) is 5.55. The lowest BCUT2D eigenvalue weighted by Gasteiger charge is -2.28. The number of nitrogens with zero attached hydrogens (tertiary/aromatic N) is 1. The second-order valence-electron chi connectivity index (χ2n) is 6.70. The van der Waals surface area contributed by atoms with Crippen molar-refractivity contribution in [3.8, 4) is 0 Å². The predicted molar refractivity (Wildman–Crippen MR) is 102 cm³/mol. The van der Waals surface area contributed by atoms with E-state index in [0.717, 1.165) is 29.3 Å². The topological polar surface area (TPSA) is 92.8 Å². The average molecular weight is 414 g/mol. The number of amides is 1. The maximum Gasteiger partial charge on any atom is 0.331 e. The minimum absolute atomic E-state index is 0.0253. The van der Waals surface area contributed by atoms with E-state index in [0.29, 0.717) is 12.8 Å². The highest BCUT2D eigenvalue weighted by atomic mass is 32.2. The summed E-state index contributed by atoms with van der Waals surface area (Å²) in [4.78, 5) is 24.6. The molecule has 156 valence electrons. The third-order valence-electron chi connectivity index (χ3n) is 4.99. The Kier molecular flexibility index (Phi) is 7.16. The Morgan fingerprint density at radius 3 is 2.32 bits per heavy atom. The summed E-state index contributed by atoms with van der Waals surface area (Å²) in [5, 5.41) is 2.70. The summed E-state index contributed by atoms with van der Waals surface area (Å²) in [5.41, 5.74) is -1.15. The molecule has 1 aromatic carbocycles. The van der Waals surface area contributed by atoms with E-state index in [1.807, 2.05) is 0 Å². The van der Waals surface area contributed by atoms with E-state index in [1.54, 1.807) is 20.8 Å². The molecule has 1 N–H and O–H groups in total. The van der Waals surface area contributed by atoms with E-state index in [4.69, 9.17) is 4.74 Å². The van der Waals surface area contributed by atoms with E-state index in [2.05, 4.69) is 5.32 Å². The van der Waals surface area contributed by atoms with Crippen LogP contribution in [-0.2, 0) is 19.6 Å². The predicted octanol–water partition coefficient (Wildman–Crippen LogP) is 2.46. The molecular formula is C19H27FN2O5S. The number of hydrogen-bond donors (Lipinski definition) is 1. The quantitative estimate of drug-likeness (QED) is 0.660. The second-order valence-corrected chi connectivity index (χ2v) is 8.60. The fourth-order valence-corrected chi connectivity index (χ4v) is 5.01. The number of halogens is 1. The first-order valence-corrected chi connectivity index (χ1v) is 10.9. The van der Waals surface area contributed by atoms with Crippen LogP contribution in [0.5, 0.6) is 0 Å². The molecule has 0 atom stereocenters. The molecule has 1 aromatic rings. The maximum atomic E-state index is 14.3. The van der Waals surface area contributed by atoms with Gasteiger partial charge in [0.05, 0.1) is 6.61 Å². The van der Waals surface area contributed by atoms with Gasteiger partial charge in [0, 0.05) is 18.7 Å². The van der Waals surface area contributed by atoms with Crippen LogP contribution in [0.2, 0.25) is 0 Å². The van der Waals surface area contributed by atoms with Crippen molar-refractivity contribution in [2.45, 2.75) is 56.9 Å². The molecule has 0 saturated heterocycles. The molecule has 0 aliphatic heterocycles. The van der Waals surface area contributed by atoms with Crippen LogP contribution in [0.4, 0.5) is 4.39 Å². The Balaban J connectivity index is 2.35. The summed E-state index contributed by atoms with van der Waals surface area (Å²) in [6.07, 6.45) is 2.43. The van der Waals surface area contributed by atoms with E-state index >= 15 is 0 Å². The number of hydrogen-bond acceptors (Lipinski definition) is 5. The lowest BCUT2D eigenvalue weighted by molar-refractivity contribution is -0.150. The summed E-state index contributed by atoms with van der Waals surface area (Å²) in [5.74, 6) is -2.06. The summed E-state index contributed by atoms with van der Waals surface area (Å²) < 4.78 is 45.8. The van der Waals surface area contributed by atoms with Crippen molar-refractivity contribution in [3.05, 3.63) is 29.6 Å². The van der Waals surface area contributed by atoms with Crippen molar-refractivity contribution in [1.82, 2.24) is 9.62 Å². The van der Waals surface area contributed by atoms with Gasteiger partial charge in [-0.1, -0.05) is 26.7 Å². The number of ether oxygens (including phenoxy) is 1. The van der Waals surface area contributed by atoms with Crippen LogP contribution in [0.3, 0.4) is 0 Å². The standard InChI is InChI=1S/C19H27FN2O5S/c1-4-22(5-2)28(25,26)16-13-14(9-10-15(16)20)17(23)21-19(11-7-8-12-19)18(24)27-6-3/h9-10,13H,4-8,11-12H2,1-3H3,(H,21,23). The number of carbonyl (C=O) groups is 2. The molecule has 7 nitrogen and oxygen atoms in total.